The van der Waals surface area contributed by atoms with Crippen LogP contribution in [0.25, 0.3) is 71.6 Å². The Hall–Kier alpha value is -7.16. The Morgan fingerprint density at radius 2 is 0.741 bits per heavy atom. The van der Waals surface area contributed by atoms with Crippen LogP contribution >= 0.6 is 0 Å². The van der Waals surface area contributed by atoms with Gasteiger partial charge in [0.25, 0.3) is 0 Å². The van der Waals surface area contributed by atoms with E-state index in [1.165, 1.54) is 66.0 Å². The van der Waals surface area contributed by atoms with E-state index in [1.54, 1.807) is 0 Å². The summed E-state index contributed by atoms with van der Waals surface area (Å²) in [4.78, 5) is 2.36. The maximum Gasteiger partial charge on any atom is 0.0541 e. The van der Waals surface area contributed by atoms with Crippen molar-refractivity contribution in [2.24, 2.45) is 0 Å². The van der Waals surface area contributed by atoms with Crippen LogP contribution in [-0.4, -0.2) is 4.57 Å². The van der Waals surface area contributed by atoms with Crippen LogP contribution in [-0.2, 0) is 0 Å². The maximum atomic E-state index is 2.39. The van der Waals surface area contributed by atoms with Gasteiger partial charge in [-0.1, -0.05) is 158 Å². The van der Waals surface area contributed by atoms with Crippen LogP contribution in [0.4, 0.5) is 17.1 Å². The first-order valence-electron chi connectivity index (χ1n) is 18.5. The summed E-state index contributed by atoms with van der Waals surface area (Å²) in [6.07, 6.45) is 0. The lowest BCUT2D eigenvalue weighted by Gasteiger charge is -2.26. The number of nitrogens with zero attached hydrogens (tertiary/aromatic N) is 2. The second-order valence-corrected chi connectivity index (χ2v) is 13.8. The Morgan fingerprint density at radius 3 is 1.35 bits per heavy atom. The first-order valence-corrected chi connectivity index (χ1v) is 18.5. The molecule has 10 aromatic rings. The van der Waals surface area contributed by atoms with E-state index in [2.05, 4.69) is 228 Å². The van der Waals surface area contributed by atoms with Crippen molar-refractivity contribution in [3.8, 4) is 39.1 Å². The highest BCUT2D eigenvalue weighted by molar-refractivity contribution is 6.09. The largest absolute Gasteiger partial charge is 0.310 e. The summed E-state index contributed by atoms with van der Waals surface area (Å²) in [6.45, 7) is 0. The van der Waals surface area contributed by atoms with Gasteiger partial charge >= 0.3 is 0 Å². The van der Waals surface area contributed by atoms with Crippen LogP contribution in [0.15, 0.2) is 218 Å². The first-order chi connectivity index (χ1) is 26.8. The molecule has 1 aromatic heterocycles. The molecule has 54 heavy (non-hydrogen) atoms. The molecule has 2 nitrogen and oxygen atoms in total. The highest BCUT2D eigenvalue weighted by atomic mass is 15.1. The normalized spacial score (nSPS) is 11.3. The molecule has 0 aliphatic heterocycles. The van der Waals surface area contributed by atoms with Crippen molar-refractivity contribution >= 4 is 49.6 Å². The summed E-state index contributed by atoms with van der Waals surface area (Å²) in [7, 11) is 0. The molecule has 254 valence electrons. The van der Waals surface area contributed by atoms with Crippen molar-refractivity contribution in [3.05, 3.63) is 218 Å². The van der Waals surface area contributed by atoms with E-state index < -0.39 is 0 Å². The third-order valence-electron chi connectivity index (χ3n) is 10.6. The topological polar surface area (TPSA) is 8.17 Å². The van der Waals surface area contributed by atoms with E-state index in [1.807, 2.05) is 0 Å². The monoisotopic (exact) mass is 688 g/mol. The van der Waals surface area contributed by atoms with Gasteiger partial charge in [0, 0.05) is 33.5 Å². The lowest BCUT2D eigenvalue weighted by molar-refractivity contribution is 1.17. The Balaban J connectivity index is 1.06. The highest BCUT2D eigenvalue weighted by Crippen LogP contribution is 2.39. The van der Waals surface area contributed by atoms with Crippen molar-refractivity contribution < 1.29 is 0 Å². The lowest BCUT2D eigenvalue weighted by atomic mass is 9.99. The van der Waals surface area contributed by atoms with E-state index in [9.17, 15) is 0 Å². The SMILES string of the molecule is c1ccc(-c2ccc(-c3ccc(N(c4ccc(-c5ccc6ccccc6c5)cc4)c4cccc(-n5c6ccccc6c6ccccc65)c4)cc3)cc2)cc1. The van der Waals surface area contributed by atoms with Crippen LogP contribution in [0.3, 0.4) is 0 Å². The van der Waals surface area contributed by atoms with Crippen LogP contribution in [0.2, 0.25) is 0 Å². The zero-order valence-corrected chi connectivity index (χ0v) is 29.7. The molecular weight excluding hydrogens is 653 g/mol. The molecule has 10 rings (SSSR count). The number of benzene rings is 9. The van der Waals surface area contributed by atoms with Crippen molar-refractivity contribution in [2.45, 2.75) is 0 Å². The third-order valence-corrected chi connectivity index (χ3v) is 10.6. The fourth-order valence-corrected chi connectivity index (χ4v) is 7.88. The number of hydrogen-bond acceptors (Lipinski definition) is 1. The van der Waals surface area contributed by atoms with Gasteiger partial charge in [-0.2, -0.15) is 0 Å². The number of aromatic nitrogens is 1. The molecule has 0 amide bonds. The Labute approximate surface area is 315 Å². The Bertz CT molecular complexity index is 2850. The number of rotatable bonds is 7. The van der Waals surface area contributed by atoms with E-state index in [0.717, 1.165) is 22.7 Å². The van der Waals surface area contributed by atoms with Gasteiger partial charge in [0.1, 0.15) is 0 Å². The van der Waals surface area contributed by atoms with Gasteiger partial charge in [-0.25, -0.2) is 0 Å². The third kappa shape index (κ3) is 5.71. The number of fused-ring (bicyclic) bond motifs is 4. The smallest absolute Gasteiger partial charge is 0.0541 e. The number of anilines is 3. The van der Waals surface area contributed by atoms with Gasteiger partial charge in [0.15, 0.2) is 0 Å². The molecular formula is C52H36N2. The molecule has 9 aromatic carbocycles. The second kappa shape index (κ2) is 13.4. The van der Waals surface area contributed by atoms with Gasteiger partial charge in [-0.3, -0.25) is 0 Å². The van der Waals surface area contributed by atoms with E-state index in [0.29, 0.717) is 0 Å². The van der Waals surface area contributed by atoms with Crippen molar-refractivity contribution in [3.63, 3.8) is 0 Å². The van der Waals surface area contributed by atoms with Gasteiger partial charge in [0.2, 0.25) is 0 Å². The van der Waals surface area contributed by atoms with Crippen LogP contribution < -0.4 is 4.90 Å². The summed E-state index contributed by atoms with van der Waals surface area (Å²) in [5.41, 5.74) is 14.0. The number of para-hydroxylation sites is 2. The molecule has 0 saturated carbocycles. The molecule has 0 atom stereocenters. The first kappa shape index (κ1) is 31.6. The fourth-order valence-electron chi connectivity index (χ4n) is 7.88. The summed E-state index contributed by atoms with van der Waals surface area (Å²) in [6, 6.07) is 78.9. The average molecular weight is 689 g/mol. The maximum absolute atomic E-state index is 2.39. The summed E-state index contributed by atoms with van der Waals surface area (Å²) in [5.74, 6) is 0. The minimum Gasteiger partial charge on any atom is -0.310 e. The standard InChI is InChI=1S/C52H36N2/c1-2-11-37(12-3-1)39-21-23-40(24-22-39)41-27-31-45(32-28-41)53(46-33-29-42(30-34-46)44-26-25-38-13-4-5-14-43(38)35-44)47-15-10-16-48(36-47)54-51-19-8-6-17-49(51)50-18-7-9-20-52(50)54/h1-36H. The average Bonchev–Trinajstić information content (AvgIpc) is 3.59. The quantitative estimate of drug-likeness (QED) is 0.162. The molecule has 1 heterocycles. The van der Waals surface area contributed by atoms with Crippen LogP contribution in [0, 0.1) is 0 Å². The minimum absolute atomic E-state index is 1.09. The van der Waals surface area contributed by atoms with E-state index >= 15 is 0 Å². The van der Waals surface area contributed by atoms with Gasteiger partial charge < -0.3 is 9.47 Å². The predicted molar refractivity (Wildman–Crippen MR) is 229 cm³/mol. The summed E-state index contributed by atoms with van der Waals surface area (Å²) >= 11 is 0. The lowest BCUT2D eigenvalue weighted by Crippen LogP contribution is -2.10. The Kier molecular flexibility index (Phi) is 7.85. The molecule has 0 N–H and O–H groups in total. The molecule has 0 bridgehead atoms. The summed E-state index contributed by atoms with van der Waals surface area (Å²) in [5, 5.41) is 5.01. The molecule has 0 unspecified atom stereocenters. The number of hydrogen-bond donors (Lipinski definition) is 0. The van der Waals surface area contributed by atoms with Gasteiger partial charge in [0.05, 0.1) is 11.0 Å². The van der Waals surface area contributed by atoms with Crippen LogP contribution in [0.5, 0.6) is 0 Å². The van der Waals surface area contributed by atoms with E-state index in [-0.39, 0.29) is 0 Å². The molecule has 0 aliphatic carbocycles. The van der Waals surface area contributed by atoms with Crippen molar-refractivity contribution in [1.29, 1.82) is 0 Å². The fraction of sp³-hybridized carbons (Fsp3) is 0. The highest BCUT2D eigenvalue weighted by Gasteiger charge is 2.17. The molecule has 0 saturated heterocycles. The van der Waals surface area contributed by atoms with Crippen molar-refractivity contribution in [1.82, 2.24) is 4.57 Å². The Morgan fingerprint density at radius 1 is 0.278 bits per heavy atom. The van der Waals surface area contributed by atoms with Gasteiger partial charge in [-0.15, -0.1) is 0 Å². The molecule has 0 aliphatic rings. The molecule has 0 fully saturated rings. The minimum atomic E-state index is 1.09. The predicted octanol–water partition coefficient (Wildman–Crippen LogP) is 14.4. The second-order valence-electron chi connectivity index (χ2n) is 13.8. The molecule has 0 spiro atoms. The van der Waals surface area contributed by atoms with Gasteiger partial charge in [-0.05, 0) is 105 Å². The summed E-state index contributed by atoms with van der Waals surface area (Å²) < 4.78 is 2.39. The molecule has 0 radical (unpaired) electrons. The van der Waals surface area contributed by atoms with Crippen molar-refractivity contribution in [2.75, 3.05) is 4.90 Å². The molecule has 2 heteroatoms. The zero-order valence-electron chi connectivity index (χ0n) is 29.7. The van der Waals surface area contributed by atoms with Crippen LogP contribution in [0.1, 0.15) is 0 Å². The zero-order chi connectivity index (χ0) is 35.8. The van der Waals surface area contributed by atoms with E-state index in [4.69, 9.17) is 0 Å².